The van der Waals surface area contributed by atoms with Gasteiger partial charge in [0.05, 0.1) is 19.0 Å². The number of hydrogen-bond acceptors (Lipinski definition) is 5. The Kier molecular flexibility index (Phi) is 13.6. The van der Waals surface area contributed by atoms with Crippen molar-refractivity contribution >= 4 is 29.9 Å². The molecule has 2 rings (SSSR count). The average Bonchev–Trinajstić information content (AvgIpc) is 3.32. The summed E-state index contributed by atoms with van der Waals surface area (Å²) in [6, 6.07) is 3.78. The van der Waals surface area contributed by atoms with Crippen LogP contribution in [0.15, 0.2) is 27.8 Å². The molecule has 1 aliphatic heterocycles. The monoisotopic (exact) mass is 481 g/mol. The summed E-state index contributed by atoms with van der Waals surface area (Å²) in [6.07, 6.45) is 6.10. The van der Waals surface area contributed by atoms with Crippen molar-refractivity contribution in [2.75, 3.05) is 46.6 Å². The lowest BCUT2D eigenvalue weighted by atomic mass is 10.2. The molecule has 2 N–H and O–H groups in total. The van der Waals surface area contributed by atoms with E-state index in [2.05, 4.69) is 15.6 Å². The van der Waals surface area contributed by atoms with Crippen molar-refractivity contribution in [1.82, 2.24) is 10.6 Å². The Morgan fingerprint density at radius 3 is 2.62 bits per heavy atom. The lowest BCUT2D eigenvalue weighted by Gasteiger charge is -2.13. The fourth-order valence-corrected chi connectivity index (χ4v) is 2.54. The molecular weight excluding hydrogens is 449 g/mol. The van der Waals surface area contributed by atoms with Crippen LogP contribution in [0.2, 0.25) is 0 Å². The third-order valence-electron chi connectivity index (χ3n) is 3.89. The van der Waals surface area contributed by atoms with Crippen LogP contribution in [0, 0.1) is 0 Å². The minimum atomic E-state index is 0. The molecule has 0 bridgehead atoms. The van der Waals surface area contributed by atoms with E-state index < -0.39 is 0 Å². The number of nitrogens with zero attached hydrogens (tertiary/aromatic N) is 1. The average molecular weight is 481 g/mol. The summed E-state index contributed by atoms with van der Waals surface area (Å²) in [5, 5.41) is 6.56. The van der Waals surface area contributed by atoms with Crippen LogP contribution in [-0.4, -0.2) is 58.6 Å². The number of ether oxygens (including phenoxy) is 3. The smallest absolute Gasteiger partial charge is 0.190 e. The molecule has 150 valence electrons. The number of rotatable bonds is 12. The number of guanidine groups is 1. The van der Waals surface area contributed by atoms with Crippen LogP contribution in [-0.2, 0) is 20.8 Å². The Balaban J connectivity index is 0.00000338. The highest BCUT2D eigenvalue weighted by molar-refractivity contribution is 14.0. The molecule has 1 fully saturated rings. The van der Waals surface area contributed by atoms with E-state index in [1.54, 1.807) is 13.3 Å². The molecule has 2 heterocycles. The van der Waals surface area contributed by atoms with Crippen molar-refractivity contribution in [3.05, 3.63) is 24.2 Å². The number of hydrogen-bond donors (Lipinski definition) is 2. The van der Waals surface area contributed by atoms with Crippen LogP contribution >= 0.6 is 24.0 Å². The van der Waals surface area contributed by atoms with Gasteiger partial charge in [-0.2, -0.15) is 0 Å². The van der Waals surface area contributed by atoms with Gasteiger partial charge in [-0.15, -0.1) is 24.0 Å². The van der Waals surface area contributed by atoms with Crippen LogP contribution in [0.5, 0.6) is 0 Å². The molecule has 1 saturated heterocycles. The molecule has 0 aromatic carbocycles. The Bertz CT molecular complexity index is 465. The maximum Gasteiger partial charge on any atom is 0.190 e. The fraction of sp³-hybridized carbons (Fsp3) is 0.722. The van der Waals surface area contributed by atoms with E-state index in [9.17, 15) is 0 Å². The molecule has 1 aromatic heterocycles. The first-order chi connectivity index (χ1) is 12.4. The normalized spacial score (nSPS) is 17.1. The van der Waals surface area contributed by atoms with Crippen molar-refractivity contribution in [3.8, 4) is 0 Å². The molecule has 7 nitrogen and oxygen atoms in total. The highest BCUT2D eigenvalue weighted by Gasteiger charge is 2.14. The number of halogens is 1. The minimum Gasteiger partial charge on any atom is -0.467 e. The van der Waals surface area contributed by atoms with Crippen molar-refractivity contribution in [3.63, 3.8) is 0 Å². The van der Waals surface area contributed by atoms with Gasteiger partial charge in [-0.1, -0.05) is 0 Å². The highest BCUT2D eigenvalue weighted by Crippen LogP contribution is 2.11. The van der Waals surface area contributed by atoms with Crippen LogP contribution < -0.4 is 10.6 Å². The van der Waals surface area contributed by atoms with E-state index >= 15 is 0 Å². The first-order valence-electron chi connectivity index (χ1n) is 9.12. The highest BCUT2D eigenvalue weighted by atomic mass is 127. The van der Waals surface area contributed by atoms with Gasteiger partial charge in [0.15, 0.2) is 5.96 Å². The zero-order chi connectivity index (χ0) is 17.6. The second kappa shape index (κ2) is 15.2. The standard InChI is InChI=1S/C18H31N3O4.HI/c1-19-18(20-8-4-10-22-14-16-6-2-12-24-16)21-9-5-11-23-15-17-7-3-13-25-17;/h2,6,12,17H,3-5,7-11,13-15H2,1H3,(H2,19,20,21);1H. The van der Waals surface area contributed by atoms with Gasteiger partial charge in [0.1, 0.15) is 12.4 Å². The van der Waals surface area contributed by atoms with Gasteiger partial charge in [0.2, 0.25) is 0 Å². The fourth-order valence-electron chi connectivity index (χ4n) is 2.54. The molecule has 1 unspecified atom stereocenters. The van der Waals surface area contributed by atoms with Gasteiger partial charge in [0, 0.05) is 40.0 Å². The predicted octanol–water partition coefficient (Wildman–Crippen LogP) is 2.56. The van der Waals surface area contributed by atoms with E-state index in [1.165, 1.54) is 0 Å². The maximum absolute atomic E-state index is 5.64. The summed E-state index contributed by atoms with van der Waals surface area (Å²) >= 11 is 0. The molecule has 1 aromatic rings. The summed E-state index contributed by atoms with van der Waals surface area (Å²) < 4.78 is 21.9. The first-order valence-corrected chi connectivity index (χ1v) is 9.12. The molecule has 0 radical (unpaired) electrons. The third-order valence-corrected chi connectivity index (χ3v) is 3.89. The van der Waals surface area contributed by atoms with E-state index in [0.29, 0.717) is 25.9 Å². The van der Waals surface area contributed by atoms with Crippen molar-refractivity contribution in [2.45, 2.75) is 38.4 Å². The minimum absolute atomic E-state index is 0. The zero-order valence-electron chi connectivity index (χ0n) is 15.6. The molecule has 0 saturated carbocycles. The predicted molar refractivity (Wildman–Crippen MR) is 112 cm³/mol. The Morgan fingerprint density at radius 1 is 1.23 bits per heavy atom. The SMILES string of the molecule is CN=C(NCCCOCc1ccco1)NCCCOCC1CCCO1.I. The summed E-state index contributed by atoms with van der Waals surface area (Å²) in [7, 11) is 1.77. The van der Waals surface area contributed by atoms with E-state index in [1.807, 2.05) is 12.1 Å². The maximum atomic E-state index is 5.64. The lowest BCUT2D eigenvalue weighted by Crippen LogP contribution is -2.38. The largest absolute Gasteiger partial charge is 0.467 e. The Morgan fingerprint density at radius 2 is 2.00 bits per heavy atom. The summed E-state index contributed by atoms with van der Waals surface area (Å²) in [6.45, 7) is 5.18. The van der Waals surface area contributed by atoms with Crippen LogP contribution in [0.25, 0.3) is 0 Å². The third kappa shape index (κ3) is 10.3. The van der Waals surface area contributed by atoms with Crippen LogP contribution in [0.3, 0.4) is 0 Å². The molecule has 0 aliphatic carbocycles. The van der Waals surface area contributed by atoms with E-state index in [-0.39, 0.29) is 24.0 Å². The number of furan rings is 1. The second-order valence-corrected chi connectivity index (χ2v) is 5.97. The van der Waals surface area contributed by atoms with Gasteiger partial charge in [-0.05, 0) is 37.8 Å². The summed E-state index contributed by atoms with van der Waals surface area (Å²) in [5.74, 6) is 1.66. The molecule has 0 amide bonds. The van der Waals surface area contributed by atoms with Crippen molar-refractivity contribution in [2.24, 2.45) is 4.99 Å². The Hall–Kier alpha value is -0.840. The van der Waals surface area contributed by atoms with E-state index in [0.717, 1.165) is 63.7 Å². The van der Waals surface area contributed by atoms with Gasteiger partial charge >= 0.3 is 0 Å². The van der Waals surface area contributed by atoms with Gasteiger partial charge in [-0.3, -0.25) is 4.99 Å². The molecule has 0 spiro atoms. The zero-order valence-corrected chi connectivity index (χ0v) is 17.9. The van der Waals surface area contributed by atoms with Crippen LogP contribution in [0.1, 0.15) is 31.4 Å². The number of aliphatic imine (C=N–C) groups is 1. The lowest BCUT2D eigenvalue weighted by molar-refractivity contribution is 0.0168. The van der Waals surface area contributed by atoms with Gasteiger partial charge in [-0.25, -0.2) is 0 Å². The number of nitrogens with one attached hydrogen (secondary N) is 2. The van der Waals surface area contributed by atoms with E-state index in [4.69, 9.17) is 18.6 Å². The topological polar surface area (TPSA) is 77.3 Å². The second-order valence-electron chi connectivity index (χ2n) is 5.97. The summed E-state index contributed by atoms with van der Waals surface area (Å²) in [4.78, 5) is 4.21. The van der Waals surface area contributed by atoms with Gasteiger partial charge < -0.3 is 29.3 Å². The molecule has 1 atom stereocenters. The van der Waals surface area contributed by atoms with Gasteiger partial charge in [0.25, 0.3) is 0 Å². The first kappa shape index (κ1) is 23.2. The molecule has 26 heavy (non-hydrogen) atoms. The molecule has 8 heteroatoms. The summed E-state index contributed by atoms with van der Waals surface area (Å²) in [5.41, 5.74) is 0. The molecular formula is C18H32IN3O4. The Labute approximate surface area is 173 Å². The quantitative estimate of drug-likeness (QED) is 0.207. The van der Waals surface area contributed by atoms with Crippen molar-refractivity contribution in [1.29, 1.82) is 0 Å². The van der Waals surface area contributed by atoms with Crippen molar-refractivity contribution < 1.29 is 18.6 Å². The molecule has 1 aliphatic rings. The van der Waals surface area contributed by atoms with Crippen LogP contribution in [0.4, 0.5) is 0 Å².